The highest BCUT2D eigenvalue weighted by molar-refractivity contribution is 5.96. The predicted octanol–water partition coefficient (Wildman–Crippen LogP) is 5.13. The highest BCUT2D eigenvalue weighted by Gasteiger charge is 2.23. The minimum Gasteiger partial charge on any atom is -0.494 e. The number of piperidine rings is 1. The maximum Gasteiger partial charge on any atom is 0.239 e. The maximum atomic E-state index is 9.37. The summed E-state index contributed by atoms with van der Waals surface area (Å²) in [5.41, 5.74) is 5.01. The first-order valence-electron chi connectivity index (χ1n) is 11.5. The van der Waals surface area contributed by atoms with Crippen LogP contribution in [0, 0.1) is 18.3 Å². The zero-order valence-electron chi connectivity index (χ0n) is 18.8. The summed E-state index contributed by atoms with van der Waals surface area (Å²) in [5, 5.41) is 17.6. The van der Waals surface area contributed by atoms with E-state index in [0.29, 0.717) is 18.2 Å². The SMILES string of the molecule is Cc1ccc(N2CCC(c3ccc(OCCCC4OC=CO4)cc3)CC2)c2[nH]nc(C#N)c12. The summed E-state index contributed by atoms with van der Waals surface area (Å²) in [6, 6.07) is 15.0. The van der Waals surface area contributed by atoms with Crippen LogP contribution in [0.15, 0.2) is 48.9 Å². The molecule has 0 atom stereocenters. The Hall–Kier alpha value is -3.66. The largest absolute Gasteiger partial charge is 0.494 e. The Balaban J connectivity index is 1.15. The van der Waals surface area contributed by atoms with Gasteiger partial charge in [-0.1, -0.05) is 18.2 Å². The fourth-order valence-electron chi connectivity index (χ4n) is 4.76. The molecule has 1 fully saturated rings. The molecule has 1 N–H and O–H groups in total. The number of nitriles is 1. The van der Waals surface area contributed by atoms with E-state index in [4.69, 9.17) is 14.2 Å². The molecule has 1 aromatic heterocycles. The Morgan fingerprint density at radius 2 is 1.88 bits per heavy atom. The molecule has 3 heterocycles. The lowest BCUT2D eigenvalue weighted by atomic mass is 9.89. The minimum absolute atomic E-state index is 0.167. The summed E-state index contributed by atoms with van der Waals surface area (Å²) >= 11 is 0. The van der Waals surface area contributed by atoms with Crippen LogP contribution in [0.2, 0.25) is 0 Å². The van der Waals surface area contributed by atoms with Crippen molar-refractivity contribution in [2.45, 2.75) is 44.8 Å². The van der Waals surface area contributed by atoms with Gasteiger partial charge in [0, 0.05) is 24.9 Å². The number of rotatable bonds is 7. The highest BCUT2D eigenvalue weighted by Crippen LogP contribution is 2.35. The van der Waals surface area contributed by atoms with E-state index in [2.05, 4.69) is 57.6 Å². The third kappa shape index (κ3) is 4.47. The van der Waals surface area contributed by atoms with Gasteiger partial charge in [0.15, 0.2) is 5.69 Å². The van der Waals surface area contributed by atoms with Crippen molar-refractivity contribution in [2.75, 3.05) is 24.6 Å². The number of ether oxygens (including phenoxy) is 3. The van der Waals surface area contributed by atoms with E-state index in [-0.39, 0.29) is 6.29 Å². The Kier molecular flexibility index (Phi) is 6.07. The molecule has 2 aromatic carbocycles. The monoisotopic (exact) mass is 444 g/mol. The average molecular weight is 445 g/mol. The summed E-state index contributed by atoms with van der Waals surface area (Å²) in [7, 11) is 0. The van der Waals surface area contributed by atoms with E-state index in [9.17, 15) is 5.26 Å². The smallest absolute Gasteiger partial charge is 0.239 e. The van der Waals surface area contributed by atoms with Gasteiger partial charge >= 0.3 is 0 Å². The van der Waals surface area contributed by atoms with Crippen LogP contribution in [-0.2, 0) is 9.47 Å². The number of aromatic amines is 1. The number of fused-ring (bicyclic) bond motifs is 1. The zero-order valence-corrected chi connectivity index (χ0v) is 18.8. The van der Waals surface area contributed by atoms with Gasteiger partial charge in [0.05, 0.1) is 17.8 Å². The molecule has 33 heavy (non-hydrogen) atoms. The third-order valence-electron chi connectivity index (χ3n) is 6.57. The predicted molar refractivity (Wildman–Crippen MR) is 126 cm³/mol. The number of aryl methyl sites for hydroxylation is 1. The van der Waals surface area contributed by atoms with E-state index in [0.717, 1.165) is 66.7 Å². The molecule has 0 spiro atoms. The van der Waals surface area contributed by atoms with E-state index in [1.54, 1.807) is 12.5 Å². The summed E-state index contributed by atoms with van der Waals surface area (Å²) < 4.78 is 16.4. The van der Waals surface area contributed by atoms with Gasteiger partial charge in [-0.3, -0.25) is 5.10 Å². The lowest BCUT2D eigenvalue weighted by Crippen LogP contribution is -2.33. The number of benzene rings is 2. The lowest BCUT2D eigenvalue weighted by Gasteiger charge is -2.34. The Morgan fingerprint density at radius 1 is 1.12 bits per heavy atom. The second kappa shape index (κ2) is 9.45. The van der Waals surface area contributed by atoms with Crippen LogP contribution < -0.4 is 9.64 Å². The van der Waals surface area contributed by atoms with Gasteiger partial charge in [-0.15, -0.1) is 0 Å². The van der Waals surface area contributed by atoms with Crippen molar-refractivity contribution < 1.29 is 14.2 Å². The topological polar surface area (TPSA) is 83.4 Å². The number of aromatic nitrogens is 2. The molecule has 2 aliphatic heterocycles. The second-order valence-corrected chi connectivity index (χ2v) is 8.63. The van der Waals surface area contributed by atoms with Crippen LogP contribution >= 0.6 is 0 Å². The zero-order chi connectivity index (χ0) is 22.6. The standard InChI is InChI=1S/C26H28N4O3/c1-18-4-9-23(26-25(18)22(17-27)28-29-26)30-12-10-20(11-13-30)19-5-7-21(8-6-19)31-14-2-3-24-32-15-16-33-24/h4-9,15-16,20,24H,2-3,10-14H2,1H3,(H,28,29). The molecule has 0 unspecified atom stereocenters. The molecule has 170 valence electrons. The van der Waals surface area contributed by atoms with Crippen molar-refractivity contribution in [3.05, 3.63) is 65.7 Å². The van der Waals surface area contributed by atoms with Gasteiger partial charge in [-0.25, -0.2) is 0 Å². The number of hydrogen-bond donors (Lipinski definition) is 1. The fraction of sp³-hybridized carbons (Fsp3) is 0.385. The summed E-state index contributed by atoms with van der Waals surface area (Å²) in [6.07, 6.45) is 6.86. The molecule has 0 saturated carbocycles. The molecule has 0 aliphatic carbocycles. The van der Waals surface area contributed by atoms with Crippen LogP contribution in [0.3, 0.4) is 0 Å². The normalized spacial score (nSPS) is 16.5. The highest BCUT2D eigenvalue weighted by atomic mass is 16.7. The van der Waals surface area contributed by atoms with Crippen LogP contribution in [0.4, 0.5) is 5.69 Å². The Labute approximate surface area is 193 Å². The van der Waals surface area contributed by atoms with Crippen LogP contribution in [0.5, 0.6) is 5.75 Å². The third-order valence-corrected chi connectivity index (χ3v) is 6.57. The van der Waals surface area contributed by atoms with Crippen molar-refractivity contribution in [1.29, 1.82) is 5.26 Å². The summed E-state index contributed by atoms with van der Waals surface area (Å²) in [5.74, 6) is 1.44. The van der Waals surface area contributed by atoms with Gasteiger partial charge in [-0.2, -0.15) is 10.4 Å². The number of nitrogens with zero attached hydrogens (tertiary/aromatic N) is 3. The van der Waals surface area contributed by atoms with E-state index in [1.807, 2.05) is 6.92 Å². The van der Waals surface area contributed by atoms with Crippen molar-refractivity contribution >= 4 is 16.6 Å². The molecule has 0 amide bonds. The Bertz CT molecular complexity index is 1160. The van der Waals surface area contributed by atoms with Crippen molar-refractivity contribution in [1.82, 2.24) is 10.2 Å². The minimum atomic E-state index is -0.167. The fourth-order valence-corrected chi connectivity index (χ4v) is 4.76. The summed E-state index contributed by atoms with van der Waals surface area (Å²) in [4.78, 5) is 2.41. The van der Waals surface area contributed by atoms with Crippen molar-refractivity contribution in [2.24, 2.45) is 0 Å². The summed E-state index contributed by atoms with van der Waals surface area (Å²) in [6.45, 7) is 4.62. The molecule has 7 heteroatoms. The first-order valence-corrected chi connectivity index (χ1v) is 11.5. The first-order chi connectivity index (χ1) is 16.2. The molecule has 0 bridgehead atoms. The van der Waals surface area contributed by atoms with Crippen LogP contribution in [0.1, 0.15) is 48.4 Å². The number of nitrogens with one attached hydrogen (secondary N) is 1. The van der Waals surface area contributed by atoms with Gasteiger partial charge < -0.3 is 19.1 Å². The van der Waals surface area contributed by atoms with Crippen LogP contribution in [-0.4, -0.2) is 36.2 Å². The maximum absolute atomic E-state index is 9.37. The van der Waals surface area contributed by atoms with E-state index >= 15 is 0 Å². The molecule has 2 aliphatic rings. The second-order valence-electron chi connectivity index (χ2n) is 8.63. The van der Waals surface area contributed by atoms with E-state index < -0.39 is 0 Å². The number of anilines is 1. The molecule has 7 nitrogen and oxygen atoms in total. The number of H-pyrrole nitrogens is 1. The van der Waals surface area contributed by atoms with Gasteiger partial charge in [0.2, 0.25) is 6.29 Å². The van der Waals surface area contributed by atoms with Gasteiger partial charge in [0.25, 0.3) is 0 Å². The Morgan fingerprint density at radius 3 is 2.61 bits per heavy atom. The van der Waals surface area contributed by atoms with E-state index in [1.165, 1.54) is 5.56 Å². The molecule has 5 rings (SSSR count). The first kappa shape index (κ1) is 21.2. The number of hydrogen-bond acceptors (Lipinski definition) is 6. The molecule has 0 radical (unpaired) electrons. The van der Waals surface area contributed by atoms with Gasteiger partial charge in [0.1, 0.15) is 24.3 Å². The molecule has 3 aromatic rings. The van der Waals surface area contributed by atoms with Gasteiger partial charge in [-0.05, 0) is 61.4 Å². The van der Waals surface area contributed by atoms with Crippen molar-refractivity contribution in [3.8, 4) is 11.8 Å². The lowest BCUT2D eigenvalue weighted by molar-refractivity contribution is -0.0310. The molecular formula is C26H28N4O3. The van der Waals surface area contributed by atoms with Crippen LogP contribution in [0.25, 0.3) is 10.9 Å². The molecule has 1 saturated heterocycles. The quantitative estimate of drug-likeness (QED) is 0.509. The average Bonchev–Trinajstić information content (AvgIpc) is 3.53. The molecular weight excluding hydrogens is 416 g/mol. The van der Waals surface area contributed by atoms with Crippen molar-refractivity contribution in [3.63, 3.8) is 0 Å².